The van der Waals surface area contributed by atoms with Crippen LogP contribution in [0.15, 0.2) is 29.6 Å². The monoisotopic (exact) mass is 320 g/mol. The first-order valence-corrected chi connectivity index (χ1v) is 7.91. The molecule has 0 saturated carbocycles. The first-order valence-electron chi connectivity index (χ1n) is 6.47. The molecule has 22 heavy (non-hydrogen) atoms. The predicted molar refractivity (Wildman–Crippen MR) is 73.4 cm³/mol. The quantitative estimate of drug-likeness (QED) is 0.752. The minimum atomic E-state index is -3.57. The van der Waals surface area contributed by atoms with Crippen molar-refractivity contribution in [2.24, 2.45) is 0 Å². The Labute approximate surface area is 126 Å². The van der Waals surface area contributed by atoms with Crippen LogP contribution in [0.1, 0.15) is 5.82 Å². The van der Waals surface area contributed by atoms with E-state index >= 15 is 0 Å². The summed E-state index contributed by atoms with van der Waals surface area (Å²) in [5.41, 5.74) is 0. The lowest BCUT2D eigenvalue weighted by Gasteiger charge is -2.25. The smallest absolute Gasteiger partial charge is 0.252 e. The van der Waals surface area contributed by atoms with Gasteiger partial charge < -0.3 is 4.74 Å². The number of hydrogen-bond donors (Lipinski definition) is 0. The lowest BCUT2D eigenvalue weighted by molar-refractivity contribution is 0.0730. The largest absolute Gasteiger partial charge is 0.379 e. The fraction of sp³-hybridized carbons (Fsp3) is 0.333. The number of hydrogen-bond acceptors (Lipinski definition) is 7. The SMILES string of the molecule is N#Cc1ncn(-c2ccc(S(=O)(=O)N3CCOCC3)cn2)n1. The van der Waals surface area contributed by atoms with E-state index in [0.717, 1.165) is 0 Å². The van der Waals surface area contributed by atoms with Crippen molar-refractivity contribution in [3.63, 3.8) is 0 Å². The zero-order valence-electron chi connectivity index (χ0n) is 11.5. The van der Waals surface area contributed by atoms with Gasteiger partial charge in [0.05, 0.1) is 13.2 Å². The summed E-state index contributed by atoms with van der Waals surface area (Å²) >= 11 is 0. The Morgan fingerprint density at radius 1 is 1.23 bits per heavy atom. The molecule has 3 rings (SSSR count). The van der Waals surface area contributed by atoms with Crippen LogP contribution >= 0.6 is 0 Å². The van der Waals surface area contributed by atoms with Gasteiger partial charge in [-0.3, -0.25) is 0 Å². The number of morpholine rings is 1. The third-order valence-corrected chi connectivity index (χ3v) is 5.04. The molecule has 2 aromatic heterocycles. The van der Waals surface area contributed by atoms with Gasteiger partial charge in [0.1, 0.15) is 17.3 Å². The van der Waals surface area contributed by atoms with Gasteiger partial charge in [0.25, 0.3) is 5.82 Å². The van der Waals surface area contributed by atoms with Crippen LogP contribution in [0.4, 0.5) is 0 Å². The van der Waals surface area contributed by atoms with Gasteiger partial charge >= 0.3 is 0 Å². The molecule has 0 radical (unpaired) electrons. The molecule has 2 aromatic rings. The molecule has 10 heteroatoms. The van der Waals surface area contributed by atoms with Crippen LogP contribution in [0, 0.1) is 11.3 Å². The average Bonchev–Trinajstić information content (AvgIpc) is 3.05. The molecular formula is C12H12N6O3S. The van der Waals surface area contributed by atoms with Crippen molar-refractivity contribution in [1.82, 2.24) is 24.1 Å². The molecule has 9 nitrogen and oxygen atoms in total. The van der Waals surface area contributed by atoms with Crippen molar-refractivity contribution >= 4 is 10.0 Å². The topological polar surface area (TPSA) is 114 Å². The highest BCUT2D eigenvalue weighted by Crippen LogP contribution is 2.17. The highest BCUT2D eigenvalue weighted by Gasteiger charge is 2.26. The summed E-state index contributed by atoms with van der Waals surface area (Å²) < 4.78 is 32.7. The molecule has 114 valence electrons. The first-order chi connectivity index (χ1) is 10.6. The normalized spacial score (nSPS) is 16.3. The van der Waals surface area contributed by atoms with Crippen LogP contribution < -0.4 is 0 Å². The molecule has 0 spiro atoms. The van der Waals surface area contributed by atoms with E-state index in [0.29, 0.717) is 32.1 Å². The lowest BCUT2D eigenvalue weighted by atomic mass is 10.5. The third kappa shape index (κ3) is 2.69. The lowest BCUT2D eigenvalue weighted by Crippen LogP contribution is -2.40. The highest BCUT2D eigenvalue weighted by molar-refractivity contribution is 7.89. The molecule has 1 saturated heterocycles. The maximum absolute atomic E-state index is 12.4. The van der Waals surface area contributed by atoms with E-state index in [9.17, 15) is 8.42 Å². The molecule has 1 aliphatic rings. The summed E-state index contributed by atoms with van der Waals surface area (Å²) in [7, 11) is -3.57. The van der Waals surface area contributed by atoms with Gasteiger partial charge in [-0.2, -0.15) is 9.57 Å². The molecule has 0 bridgehead atoms. The first kappa shape index (κ1) is 14.6. The summed E-state index contributed by atoms with van der Waals surface area (Å²) in [5.74, 6) is 0.404. The molecule has 1 aliphatic heterocycles. The van der Waals surface area contributed by atoms with Crippen LogP contribution in [0.25, 0.3) is 5.82 Å². The molecule has 0 aliphatic carbocycles. The summed E-state index contributed by atoms with van der Waals surface area (Å²) in [6.07, 6.45) is 2.62. The Balaban J connectivity index is 1.86. The van der Waals surface area contributed by atoms with Crippen LogP contribution in [0.5, 0.6) is 0 Å². The molecule has 1 fully saturated rings. The Morgan fingerprint density at radius 2 is 2.00 bits per heavy atom. The van der Waals surface area contributed by atoms with E-state index in [-0.39, 0.29) is 10.7 Å². The highest BCUT2D eigenvalue weighted by atomic mass is 32.2. The van der Waals surface area contributed by atoms with E-state index < -0.39 is 10.0 Å². The second-order valence-electron chi connectivity index (χ2n) is 4.49. The van der Waals surface area contributed by atoms with Crippen LogP contribution in [0.2, 0.25) is 0 Å². The zero-order valence-corrected chi connectivity index (χ0v) is 12.3. The van der Waals surface area contributed by atoms with Crippen LogP contribution in [0.3, 0.4) is 0 Å². The van der Waals surface area contributed by atoms with Gasteiger partial charge in [-0.15, -0.1) is 5.10 Å². The van der Waals surface area contributed by atoms with Crippen molar-refractivity contribution in [3.8, 4) is 11.9 Å². The number of nitriles is 1. The summed E-state index contributed by atoms with van der Waals surface area (Å²) in [5, 5.41) is 12.6. The summed E-state index contributed by atoms with van der Waals surface area (Å²) in [4.78, 5) is 7.95. The average molecular weight is 320 g/mol. The predicted octanol–water partition coefficient (Wildman–Crippen LogP) is -0.445. The van der Waals surface area contributed by atoms with Gasteiger partial charge in [-0.05, 0) is 12.1 Å². The fourth-order valence-electron chi connectivity index (χ4n) is 2.02. The number of rotatable bonds is 3. The Kier molecular flexibility index (Phi) is 3.84. The third-order valence-electron chi connectivity index (χ3n) is 3.16. The molecular weight excluding hydrogens is 308 g/mol. The molecule has 0 unspecified atom stereocenters. The van der Waals surface area contributed by atoms with Gasteiger partial charge in [0.15, 0.2) is 5.82 Å². The number of ether oxygens (including phenoxy) is 1. The van der Waals surface area contributed by atoms with Crippen molar-refractivity contribution in [2.75, 3.05) is 26.3 Å². The molecule has 0 N–H and O–H groups in total. The Bertz CT molecular complexity index is 802. The Hall–Kier alpha value is -2.35. The molecule has 0 aromatic carbocycles. The van der Waals surface area contributed by atoms with Gasteiger partial charge in [0, 0.05) is 19.3 Å². The zero-order chi connectivity index (χ0) is 15.6. The Morgan fingerprint density at radius 3 is 2.59 bits per heavy atom. The molecule has 3 heterocycles. The maximum Gasteiger partial charge on any atom is 0.252 e. The maximum atomic E-state index is 12.4. The van der Waals surface area contributed by atoms with Gasteiger partial charge in [-0.25, -0.2) is 23.1 Å². The number of sulfonamides is 1. The van der Waals surface area contributed by atoms with Gasteiger partial charge in [0.2, 0.25) is 10.0 Å². The van der Waals surface area contributed by atoms with Crippen molar-refractivity contribution in [2.45, 2.75) is 4.90 Å². The van der Waals surface area contributed by atoms with E-state index in [4.69, 9.17) is 10.00 Å². The second kappa shape index (κ2) is 5.80. The van der Waals surface area contributed by atoms with Crippen LogP contribution in [-0.2, 0) is 14.8 Å². The van der Waals surface area contributed by atoms with E-state index in [1.807, 2.05) is 6.07 Å². The number of nitrogens with zero attached hydrogens (tertiary/aromatic N) is 6. The van der Waals surface area contributed by atoms with E-state index in [1.54, 1.807) is 0 Å². The minimum absolute atomic E-state index is 0.0202. The minimum Gasteiger partial charge on any atom is -0.379 e. The van der Waals surface area contributed by atoms with Crippen molar-refractivity contribution in [3.05, 3.63) is 30.5 Å². The summed E-state index contributed by atoms with van der Waals surface area (Å²) in [6, 6.07) is 4.79. The van der Waals surface area contributed by atoms with Crippen molar-refractivity contribution < 1.29 is 13.2 Å². The van der Waals surface area contributed by atoms with Crippen molar-refractivity contribution in [1.29, 1.82) is 5.26 Å². The van der Waals surface area contributed by atoms with Crippen LogP contribution in [-0.4, -0.2) is 58.8 Å². The second-order valence-corrected chi connectivity index (χ2v) is 6.43. The van der Waals surface area contributed by atoms with E-state index in [2.05, 4.69) is 15.1 Å². The molecule has 0 amide bonds. The summed E-state index contributed by atoms with van der Waals surface area (Å²) in [6.45, 7) is 1.44. The molecule has 0 atom stereocenters. The standard InChI is InChI=1S/C12H12N6O3S/c13-7-11-15-9-18(16-11)12-2-1-10(8-14-12)22(19,20)17-3-5-21-6-4-17/h1-2,8-9H,3-6H2. The fourth-order valence-corrected chi connectivity index (χ4v) is 3.38. The van der Waals surface area contributed by atoms with E-state index in [1.165, 1.54) is 33.6 Å². The number of pyridine rings is 1. The number of aromatic nitrogens is 4. The van der Waals surface area contributed by atoms with Gasteiger partial charge in [-0.1, -0.05) is 0 Å².